The van der Waals surface area contributed by atoms with Crippen molar-refractivity contribution in [1.29, 1.82) is 0 Å². The number of amides is 1. The quantitative estimate of drug-likeness (QED) is 0.664. The molecule has 152 valence electrons. The largest absolute Gasteiger partial charge is 0.490 e. The summed E-state index contributed by atoms with van der Waals surface area (Å²) in [4.78, 5) is 25.8. The predicted molar refractivity (Wildman–Crippen MR) is 112 cm³/mol. The zero-order valence-corrected chi connectivity index (χ0v) is 17.1. The first kappa shape index (κ1) is 20.3. The van der Waals surface area contributed by atoms with Crippen LogP contribution in [0.1, 0.15) is 29.9 Å². The third kappa shape index (κ3) is 4.03. The molecule has 0 aliphatic carbocycles. The number of hydrogen-bond donors (Lipinski definition) is 1. The van der Waals surface area contributed by atoms with Crippen LogP contribution in [0.25, 0.3) is 5.69 Å². The number of aromatic nitrogens is 2. The number of carbonyl (C=O) groups is 1. The van der Waals surface area contributed by atoms with Crippen LogP contribution in [-0.2, 0) is 7.05 Å². The number of benzene rings is 2. The van der Waals surface area contributed by atoms with E-state index in [1.54, 1.807) is 36.9 Å². The van der Waals surface area contributed by atoms with Gasteiger partial charge in [0.25, 0.3) is 11.5 Å². The third-order valence-electron chi connectivity index (χ3n) is 4.60. The molecule has 1 heterocycles. The molecule has 0 aliphatic rings. The molecule has 0 unspecified atom stereocenters. The van der Waals surface area contributed by atoms with Crippen LogP contribution < -0.4 is 20.3 Å². The minimum absolute atomic E-state index is 0.244. The van der Waals surface area contributed by atoms with Gasteiger partial charge in [-0.3, -0.25) is 14.3 Å². The summed E-state index contributed by atoms with van der Waals surface area (Å²) < 4.78 is 14.4. The molecular weight excluding hydrogens is 370 g/mol. The molecule has 0 aliphatic heterocycles. The van der Waals surface area contributed by atoms with Crippen molar-refractivity contribution in [2.75, 3.05) is 18.5 Å². The molecule has 0 saturated heterocycles. The third-order valence-corrected chi connectivity index (χ3v) is 4.60. The second-order valence-electron chi connectivity index (χ2n) is 6.42. The highest BCUT2D eigenvalue weighted by atomic mass is 16.5. The number of rotatable bonds is 7. The van der Waals surface area contributed by atoms with Crippen LogP contribution in [0.4, 0.5) is 5.69 Å². The van der Waals surface area contributed by atoms with Gasteiger partial charge in [0.05, 0.1) is 24.6 Å². The van der Waals surface area contributed by atoms with Gasteiger partial charge < -0.3 is 14.8 Å². The van der Waals surface area contributed by atoms with E-state index in [0.717, 1.165) is 5.69 Å². The number of carbonyl (C=O) groups excluding carboxylic acids is 1. The van der Waals surface area contributed by atoms with Crippen molar-refractivity contribution >= 4 is 11.6 Å². The Balaban J connectivity index is 1.94. The van der Waals surface area contributed by atoms with E-state index in [0.29, 0.717) is 36.0 Å². The lowest BCUT2D eigenvalue weighted by molar-refractivity contribution is 0.102. The molecule has 3 rings (SSSR count). The maximum Gasteiger partial charge on any atom is 0.295 e. The molecule has 0 fully saturated rings. The van der Waals surface area contributed by atoms with E-state index in [4.69, 9.17) is 9.47 Å². The molecule has 0 saturated carbocycles. The number of nitrogens with one attached hydrogen (secondary N) is 1. The Morgan fingerprint density at radius 1 is 1.00 bits per heavy atom. The molecule has 1 N–H and O–H groups in total. The predicted octanol–water partition coefficient (Wildman–Crippen LogP) is 3.53. The fourth-order valence-electron chi connectivity index (χ4n) is 3.09. The normalized spacial score (nSPS) is 10.6. The topological polar surface area (TPSA) is 74.5 Å². The first-order valence-electron chi connectivity index (χ1n) is 9.52. The Bertz CT molecular complexity index is 1070. The van der Waals surface area contributed by atoms with E-state index in [1.165, 1.54) is 4.68 Å². The van der Waals surface area contributed by atoms with E-state index < -0.39 is 0 Å². The van der Waals surface area contributed by atoms with Crippen molar-refractivity contribution in [2.45, 2.75) is 20.8 Å². The molecule has 3 aromatic rings. The number of nitrogens with zero attached hydrogens (tertiary/aromatic N) is 2. The summed E-state index contributed by atoms with van der Waals surface area (Å²) in [5.41, 5.74) is 1.71. The van der Waals surface area contributed by atoms with E-state index in [1.807, 2.05) is 44.2 Å². The van der Waals surface area contributed by atoms with Gasteiger partial charge >= 0.3 is 0 Å². The van der Waals surface area contributed by atoms with Crippen LogP contribution in [0.5, 0.6) is 11.5 Å². The van der Waals surface area contributed by atoms with Crippen LogP contribution in [-0.4, -0.2) is 28.5 Å². The Hall–Kier alpha value is -3.48. The fraction of sp³-hybridized carbons (Fsp3) is 0.273. The van der Waals surface area contributed by atoms with Gasteiger partial charge in [-0.2, -0.15) is 0 Å². The summed E-state index contributed by atoms with van der Waals surface area (Å²) in [5.74, 6) is 0.682. The molecule has 0 spiro atoms. The van der Waals surface area contributed by atoms with Crippen molar-refractivity contribution in [1.82, 2.24) is 9.36 Å². The molecule has 0 atom stereocenters. The van der Waals surface area contributed by atoms with Crippen molar-refractivity contribution in [3.05, 3.63) is 70.1 Å². The van der Waals surface area contributed by atoms with Gasteiger partial charge in [-0.05, 0) is 51.1 Å². The minimum Gasteiger partial charge on any atom is -0.490 e. The molecule has 2 aromatic carbocycles. The van der Waals surface area contributed by atoms with Gasteiger partial charge in [0.1, 0.15) is 5.69 Å². The summed E-state index contributed by atoms with van der Waals surface area (Å²) in [6, 6.07) is 14.3. The smallest absolute Gasteiger partial charge is 0.295 e. The van der Waals surface area contributed by atoms with Crippen LogP contribution in [0, 0.1) is 6.92 Å². The van der Waals surface area contributed by atoms with E-state index in [9.17, 15) is 9.59 Å². The van der Waals surface area contributed by atoms with Crippen molar-refractivity contribution in [2.24, 2.45) is 7.05 Å². The van der Waals surface area contributed by atoms with E-state index >= 15 is 0 Å². The highest BCUT2D eigenvalue weighted by Gasteiger charge is 2.19. The number of hydrogen-bond acceptors (Lipinski definition) is 4. The standard InChI is InChI=1S/C22H25N3O4/c1-5-28-18-13-12-16(14-19(18)29-6-2)21(26)23-20-15(3)24(4)25(22(20)27)17-10-8-7-9-11-17/h7-14H,5-6H2,1-4H3,(H,23,26). The highest BCUT2D eigenvalue weighted by Crippen LogP contribution is 2.29. The molecule has 7 heteroatoms. The van der Waals surface area contributed by atoms with Gasteiger partial charge in [0.2, 0.25) is 0 Å². The summed E-state index contributed by atoms with van der Waals surface area (Å²) in [6.07, 6.45) is 0. The fourth-order valence-corrected chi connectivity index (χ4v) is 3.09. The second kappa shape index (κ2) is 8.68. The van der Waals surface area contributed by atoms with Crippen molar-refractivity contribution in [3.8, 4) is 17.2 Å². The van der Waals surface area contributed by atoms with Crippen LogP contribution in [0.15, 0.2) is 53.3 Å². The molecule has 1 amide bonds. The molecule has 29 heavy (non-hydrogen) atoms. The van der Waals surface area contributed by atoms with Gasteiger partial charge in [0.15, 0.2) is 11.5 Å². The first-order chi connectivity index (χ1) is 14.0. The Kier molecular flexibility index (Phi) is 6.07. The number of para-hydroxylation sites is 1. The van der Waals surface area contributed by atoms with Gasteiger partial charge in [0, 0.05) is 12.6 Å². The lowest BCUT2D eigenvalue weighted by Crippen LogP contribution is -2.23. The Labute approximate surface area is 169 Å². The first-order valence-corrected chi connectivity index (χ1v) is 9.52. The maximum atomic E-state index is 13.0. The summed E-state index contributed by atoms with van der Waals surface area (Å²) in [5, 5.41) is 2.76. The van der Waals surface area contributed by atoms with E-state index in [-0.39, 0.29) is 17.2 Å². The average Bonchev–Trinajstić information content (AvgIpc) is 2.93. The minimum atomic E-state index is -0.389. The van der Waals surface area contributed by atoms with Crippen LogP contribution in [0.3, 0.4) is 0 Å². The summed E-state index contributed by atoms with van der Waals surface area (Å²) >= 11 is 0. The van der Waals surface area contributed by atoms with Crippen LogP contribution in [0.2, 0.25) is 0 Å². The zero-order valence-electron chi connectivity index (χ0n) is 17.1. The van der Waals surface area contributed by atoms with Gasteiger partial charge in [-0.15, -0.1) is 0 Å². The highest BCUT2D eigenvalue weighted by molar-refractivity contribution is 6.04. The lowest BCUT2D eigenvalue weighted by atomic mass is 10.2. The second-order valence-corrected chi connectivity index (χ2v) is 6.42. The summed E-state index contributed by atoms with van der Waals surface area (Å²) in [6.45, 7) is 6.48. The van der Waals surface area contributed by atoms with Gasteiger partial charge in [-0.25, -0.2) is 4.68 Å². The summed E-state index contributed by atoms with van der Waals surface area (Å²) in [7, 11) is 1.78. The van der Waals surface area contributed by atoms with E-state index in [2.05, 4.69) is 5.32 Å². The Morgan fingerprint density at radius 3 is 2.31 bits per heavy atom. The molecular formula is C22H25N3O4. The zero-order chi connectivity index (χ0) is 21.0. The average molecular weight is 395 g/mol. The SMILES string of the molecule is CCOc1ccc(C(=O)Nc2c(C)n(C)n(-c3ccccc3)c2=O)cc1OCC. The maximum absolute atomic E-state index is 13.0. The van der Waals surface area contributed by atoms with Gasteiger partial charge in [-0.1, -0.05) is 18.2 Å². The van der Waals surface area contributed by atoms with Crippen molar-refractivity contribution < 1.29 is 14.3 Å². The van der Waals surface area contributed by atoms with Crippen molar-refractivity contribution in [3.63, 3.8) is 0 Å². The monoisotopic (exact) mass is 395 g/mol. The number of anilines is 1. The molecule has 0 bridgehead atoms. The Morgan fingerprint density at radius 2 is 1.66 bits per heavy atom. The molecule has 0 radical (unpaired) electrons. The molecule has 7 nitrogen and oxygen atoms in total. The van der Waals surface area contributed by atoms with Crippen LogP contribution >= 0.6 is 0 Å². The lowest BCUT2D eigenvalue weighted by Gasteiger charge is -2.12. The molecule has 1 aromatic heterocycles. The number of ether oxygens (including phenoxy) is 2.